The lowest BCUT2D eigenvalue weighted by Crippen LogP contribution is -2.11. The van der Waals surface area contributed by atoms with Crippen LogP contribution in [-0.4, -0.2) is 17.5 Å². The minimum atomic E-state index is -0.943. The lowest BCUT2D eigenvalue weighted by molar-refractivity contribution is 0.0983. The highest BCUT2D eigenvalue weighted by atomic mass is 19.2. The van der Waals surface area contributed by atoms with Gasteiger partial charge in [0.05, 0.1) is 12.6 Å². The van der Waals surface area contributed by atoms with E-state index in [1.54, 1.807) is 6.07 Å². The molecule has 0 aliphatic rings. The lowest BCUT2D eigenvalue weighted by Gasteiger charge is -2.15. The summed E-state index contributed by atoms with van der Waals surface area (Å²) in [6.07, 6.45) is 0.334. The molecule has 4 aromatic rings. The van der Waals surface area contributed by atoms with Crippen molar-refractivity contribution in [3.63, 3.8) is 0 Å². The van der Waals surface area contributed by atoms with Gasteiger partial charge in [-0.1, -0.05) is 50.2 Å². The van der Waals surface area contributed by atoms with E-state index in [9.17, 15) is 18.0 Å². The van der Waals surface area contributed by atoms with Gasteiger partial charge in [0.1, 0.15) is 0 Å². The van der Waals surface area contributed by atoms with Gasteiger partial charge in [0.2, 0.25) is 0 Å². The van der Waals surface area contributed by atoms with Crippen LogP contribution in [-0.2, 0) is 13.0 Å². The summed E-state index contributed by atoms with van der Waals surface area (Å²) in [6, 6.07) is 16.5. The molecule has 4 rings (SSSR count). The Labute approximate surface area is 196 Å². The average Bonchev–Trinajstić information content (AvgIpc) is 3.12. The highest BCUT2D eigenvalue weighted by Crippen LogP contribution is 2.36. The standard InChI is InChI=1S/C28H26F3NO2/c1-17(2)28-27(25(33)12-10-18-9-11-21(29)22(30)13-18)20-14-23(31)26(34-3)15-24(20)32(28)16-19-7-5-4-6-8-19/h4-9,11,13-15,17H,10,12,16H2,1-3H3. The van der Waals surface area contributed by atoms with Crippen LogP contribution in [0.3, 0.4) is 0 Å². The van der Waals surface area contributed by atoms with Gasteiger partial charge in [-0.15, -0.1) is 0 Å². The molecule has 6 heteroatoms. The Morgan fingerprint density at radius 2 is 1.65 bits per heavy atom. The molecule has 0 amide bonds. The van der Waals surface area contributed by atoms with Crippen molar-refractivity contribution in [2.75, 3.05) is 7.11 Å². The fourth-order valence-corrected chi connectivity index (χ4v) is 4.43. The van der Waals surface area contributed by atoms with Crippen molar-refractivity contribution in [1.29, 1.82) is 0 Å². The Morgan fingerprint density at radius 1 is 0.912 bits per heavy atom. The van der Waals surface area contributed by atoms with Crippen LogP contribution in [0.1, 0.15) is 53.4 Å². The third kappa shape index (κ3) is 4.58. The van der Waals surface area contributed by atoms with E-state index in [1.165, 1.54) is 19.2 Å². The molecule has 3 aromatic carbocycles. The maximum Gasteiger partial charge on any atom is 0.165 e. The monoisotopic (exact) mass is 465 g/mol. The van der Waals surface area contributed by atoms with Gasteiger partial charge in [-0.25, -0.2) is 13.2 Å². The first-order valence-corrected chi connectivity index (χ1v) is 11.2. The maximum absolute atomic E-state index is 14.7. The summed E-state index contributed by atoms with van der Waals surface area (Å²) in [4.78, 5) is 13.5. The summed E-state index contributed by atoms with van der Waals surface area (Å²) >= 11 is 0. The van der Waals surface area contributed by atoms with Crippen molar-refractivity contribution in [2.24, 2.45) is 0 Å². The SMILES string of the molecule is COc1cc2c(cc1F)c(C(=O)CCc1ccc(F)c(F)c1)c(C(C)C)n2Cc1ccccc1. The van der Waals surface area contributed by atoms with Gasteiger partial charge < -0.3 is 9.30 Å². The first-order chi connectivity index (χ1) is 16.3. The van der Waals surface area contributed by atoms with Crippen LogP contribution in [0.4, 0.5) is 13.2 Å². The number of ether oxygens (including phenoxy) is 1. The van der Waals surface area contributed by atoms with E-state index >= 15 is 0 Å². The quantitative estimate of drug-likeness (QED) is 0.261. The molecule has 0 fully saturated rings. The molecule has 0 spiro atoms. The highest BCUT2D eigenvalue weighted by molar-refractivity contribution is 6.10. The summed E-state index contributed by atoms with van der Waals surface area (Å²) in [5, 5.41) is 0.521. The number of carbonyl (C=O) groups excluding carboxylic acids is 1. The van der Waals surface area contributed by atoms with Gasteiger partial charge >= 0.3 is 0 Å². The van der Waals surface area contributed by atoms with Crippen LogP contribution in [0.5, 0.6) is 5.75 Å². The molecule has 0 unspecified atom stereocenters. The molecule has 34 heavy (non-hydrogen) atoms. The number of halogens is 3. The topological polar surface area (TPSA) is 31.2 Å². The molecule has 0 aliphatic heterocycles. The predicted molar refractivity (Wildman–Crippen MR) is 127 cm³/mol. The number of benzene rings is 3. The fourth-order valence-electron chi connectivity index (χ4n) is 4.43. The Bertz CT molecular complexity index is 1340. The number of aromatic nitrogens is 1. The first-order valence-electron chi connectivity index (χ1n) is 11.2. The van der Waals surface area contributed by atoms with Gasteiger partial charge in [0, 0.05) is 35.7 Å². The van der Waals surface area contributed by atoms with E-state index in [1.807, 2.05) is 48.7 Å². The smallest absolute Gasteiger partial charge is 0.165 e. The second kappa shape index (κ2) is 9.75. The van der Waals surface area contributed by atoms with Gasteiger partial charge in [-0.05, 0) is 41.7 Å². The number of carbonyl (C=O) groups is 1. The van der Waals surface area contributed by atoms with Gasteiger partial charge in [-0.3, -0.25) is 4.79 Å². The van der Waals surface area contributed by atoms with Crippen molar-refractivity contribution < 1.29 is 22.7 Å². The van der Waals surface area contributed by atoms with E-state index in [2.05, 4.69) is 0 Å². The molecule has 0 saturated heterocycles. The molecular weight excluding hydrogens is 439 g/mol. The number of rotatable bonds is 8. The zero-order valence-electron chi connectivity index (χ0n) is 19.4. The summed E-state index contributed by atoms with van der Waals surface area (Å²) in [5.74, 6) is -2.50. The molecule has 176 valence electrons. The van der Waals surface area contributed by atoms with Crippen LogP contribution < -0.4 is 4.74 Å². The molecule has 0 N–H and O–H groups in total. The summed E-state index contributed by atoms with van der Waals surface area (Å²) in [5.41, 5.74) is 3.55. The second-order valence-corrected chi connectivity index (χ2v) is 8.66. The predicted octanol–water partition coefficient (Wildman–Crippen LogP) is 7.05. The summed E-state index contributed by atoms with van der Waals surface area (Å²) in [7, 11) is 1.41. The second-order valence-electron chi connectivity index (χ2n) is 8.66. The molecule has 0 radical (unpaired) electrons. The maximum atomic E-state index is 14.7. The number of aryl methyl sites for hydroxylation is 1. The third-order valence-corrected chi connectivity index (χ3v) is 6.01. The minimum Gasteiger partial charge on any atom is -0.494 e. The number of hydrogen-bond acceptors (Lipinski definition) is 2. The number of fused-ring (bicyclic) bond motifs is 1. The molecule has 0 bridgehead atoms. The van der Waals surface area contributed by atoms with E-state index < -0.39 is 17.5 Å². The fraction of sp³-hybridized carbons (Fsp3) is 0.250. The van der Waals surface area contributed by atoms with Crippen LogP contribution in [0.15, 0.2) is 60.7 Å². The molecule has 1 heterocycles. The normalized spacial score (nSPS) is 11.4. The van der Waals surface area contributed by atoms with Crippen LogP contribution in [0, 0.1) is 17.5 Å². The largest absolute Gasteiger partial charge is 0.494 e. The van der Waals surface area contributed by atoms with Crippen molar-refractivity contribution in [3.8, 4) is 5.75 Å². The Balaban J connectivity index is 1.82. The van der Waals surface area contributed by atoms with Gasteiger partial charge in [0.25, 0.3) is 0 Å². The summed E-state index contributed by atoms with van der Waals surface area (Å²) in [6.45, 7) is 4.50. The number of ketones is 1. The average molecular weight is 466 g/mol. The zero-order valence-corrected chi connectivity index (χ0v) is 19.4. The molecule has 0 aliphatic carbocycles. The van der Waals surface area contributed by atoms with E-state index in [0.29, 0.717) is 28.6 Å². The number of methoxy groups -OCH3 is 1. The molecule has 1 aromatic heterocycles. The van der Waals surface area contributed by atoms with Crippen molar-refractivity contribution in [1.82, 2.24) is 4.57 Å². The first kappa shape index (κ1) is 23.6. The van der Waals surface area contributed by atoms with Crippen molar-refractivity contribution >= 4 is 16.7 Å². The lowest BCUT2D eigenvalue weighted by atomic mass is 9.96. The van der Waals surface area contributed by atoms with Crippen molar-refractivity contribution in [2.45, 2.75) is 39.2 Å². The molecular formula is C28H26F3NO2. The molecule has 3 nitrogen and oxygen atoms in total. The Hall–Kier alpha value is -3.54. The molecule has 0 atom stereocenters. The number of Topliss-reactive ketones (excluding diaryl/α,β-unsaturated/α-hetero) is 1. The van der Waals surface area contributed by atoms with Crippen LogP contribution >= 0.6 is 0 Å². The Morgan fingerprint density at radius 3 is 2.29 bits per heavy atom. The highest BCUT2D eigenvalue weighted by Gasteiger charge is 2.26. The van der Waals surface area contributed by atoms with Crippen molar-refractivity contribution in [3.05, 3.63) is 100 Å². The van der Waals surface area contributed by atoms with E-state index in [-0.39, 0.29) is 30.3 Å². The van der Waals surface area contributed by atoms with Crippen LogP contribution in [0.25, 0.3) is 10.9 Å². The van der Waals surface area contributed by atoms with Crippen LogP contribution in [0.2, 0.25) is 0 Å². The summed E-state index contributed by atoms with van der Waals surface area (Å²) < 4.78 is 48.9. The number of nitrogens with zero attached hydrogens (tertiary/aromatic N) is 1. The molecule has 0 saturated carbocycles. The number of hydrogen-bond donors (Lipinski definition) is 0. The minimum absolute atomic E-state index is 0.0209. The van der Waals surface area contributed by atoms with Gasteiger partial charge in [-0.2, -0.15) is 0 Å². The van der Waals surface area contributed by atoms with Gasteiger partial charge in [0.15, 0.2) is 29.0 Å². The zero-order chi connectivity index (χ0) is 24.4. The van der Waals surface area contributed by atoms with E-state index in [0.717, 1.165) is 23.4 Å². The third-order valence-electron chi connectivity index (χ3n) is 6.01. The Kier molecular flexibility index (Phi) is 6.77. The van der Waals surface area contributed by atoms with E-state index in [4.69, 9.17) is 4.74 Å².